The summed E-state index contributed by atoms with van der Waals surface area (Å²) in [5.41, 5.74) is 0.879. The van der Waals surface area contributed by atoms with Gasteiger partial charge in [-0.05, 0) is 37.3 Å². The average Bonchev–Trinajstić information content (AvgIpc) is 2.89. The van der Waals surface area contributed by atoms with Crippen molar-refractivity contribution in [3.05, 3.63) is 52.1 Å². The number of hydrogen-bond donors (Lipinski definition) is 1. The molecule has 0 bridgehead atoms. The Morgan fingerprint density at radius 3 is 2.38 bits per heavy atom. The molecular weight excluding hydrogens is 362 g/mol. The molecule has 0 fully saturated rings. The summed E-state index contributed by atoms with van der Waals surface area (Å²) < 4.78 is 40.0. The first kappa shape index (κ1) is 16.9. The van der Waals surface area contributed by atoms with E-state index in [1.807, 2.05) is 25.1 Å². The van der Waals surface area contributed by atoms with E-state index >= 15 is 0 Å². The van der Waals surface area contributed by atoms with Crippen molar-refractivity contribution in [1.82, 2.24) is 9.78 Å². The van der Waals surface area contributed by atoms with Crippen LogP contribution in [0.4, 0.5) is 18.9 Å². The molecule has 1 aromatic heterocycles. The third-order valence-electron chi connectivity index (χ3n) is 3.51. The van der Waals surface area contributed by atoms with Gasteiger partial charge >= 0.3 is 6.18 Å². The van der Waals surface area contributed by atoms with Crippen LogP contribution in [0, 0.1) is 0 Å². The second-order valence-electron chi connectivity index (χ2n) is 5.15. The lowest BCUT2D eigenvalue weighted by Crippen LogP contribution is -2.07. The van der Waals surface area contributed by atoms with Crippen LogP contribution in [0.5, 0.6) is 0 Å². The van der Waals surface area contributed by atoms with E-state index in [0.29, 0.717) is 5.52 Å². The largest absolute Gasteiger partial charge is 0.416 e. The Balaban J connectivity index is 2.19. The summed E-state index contributed by atoms with van der Waals surface area (Å²) >= 11 is 12.1. The third kappa shape index (κ3) is 3.03. The summed E-state index contributed by atoms with van der Waals surface area (Å²) in [5, 5.41) is 7.98. The number of nitrogens with one attached hydrogen (secondary N) is 1. The Morgan fingerprint density at radius 1 is 1.12 bits per heavy atom. The number of hydrogen-bond acceptors (Lipinski definition) is 2. The first-order valence-electron chi connectivity index (χ1n) is 7.09. The number of halogens is 5. The lowest BCUT2D eigenvalue weighted by Gasteiger charge is -2.13. The zero-order valence-electron chi connectivity index (χ0n) is 12.5. The van der Waals surface area contributed by atoms with Crippen LogP contribution < -0.4 is 5.32 Å². The van der Waals surface area contributed by atoms with Crippen LogP contribution in [0.3, 0.4) is 0 Å². The molecule has 0 spiro atoms. The zero-order chi connectivity index (χ0) is 17.5. The van der Waals surface area contributed by atoms with Crippen molar-refractivity contribution < 1.29 is 13.2 Å². The van der Waals surface area contributed by atoms with Crippen molar-refractivity contribution >= 4 is 39.8 Å². The van der Waals surface area contributed by atoms with Gasteiger partial charge in [-0.1, -0.05) is 23.2 Å². The SMILES string of the molecule is CCNc1ccc2cnn(-c3c(Cl)cc(C(F)(F)F)cc3Cl)c2c1. The standard InChI is InChI=1S/C16H12Cl2F3N3/c1-2-22-11-4-3-9-8-23-24(14(9)7-11)15-12(17)5-10(6-13(15)18)16(19,20)21/h3-8,22H,2H2,1H3. The summed E-state index contributed by atoms with van der Waals surface area (Å²) in [5.74, 6) is 0. The molecule has 1 N–H and O–H groups in total. The molecule has 8 heteroatoms. The summed E-state index contributed by atoms with van der Waals surface area (Å²) in [4.78, 5) is 0. The molecule has 0 aliphatic heterocycles. The van der Waals surface area contributed by atoms with Gasteiger partial charge in [0.05, 0.1) is 27.3 Å². The van der Waals surface area contributed by atoms with Gasteiger partial charge in [-0.3, -0.25) is 0 Å². The molecule has 3 aromatic rings. The van der Waals surface area contributed by atoms with E-state index in [1.165, 1.54) is 4.68 Å². The minimum Gasteiger partial charge on any atom is -0.385 e. The van der Waals surface area contributed by atoms with Gasteiger partial charge in [-0.15, -0.1) is 0 Å². The average molecular weight is 374 g/mol. The maximum atomic E-state index is 12.9. The van der Waals surface area contributed by atoms with E-state index in [2.05, 4.69) is 10.4 Å². The highest BCUT2D eigenvalue weighted by molar-refractivity contribution is 6.38. The van der Waals surface area contributed by atoms with Gasteiger partial charge < -0.3 is 5.32 Å². The number of alkyl halides is 3. The molecule has 0 aliphatic rings. The Morgan fingerprint density at radius 2 is 1.79 bits per heavy atom. The summed E-state index contributed by atoms with van der Waals surface area (Å²) in [6.45, 7) is 2.70. The van der Waals surface area contributed by atoms with E-state index in [1.54, 1.807) is 6.20 Å². The van der Waals surface area contributed by atoms with Crippen LogP contribution in [0.1, 0.15) is 12.5 Å². The van der Waals surface area contributed by atoms with Crippen molar-refractivity contribution in [2.45, 2.75) is 13.1 Å². The van der Waals surface area contributed by atoms with E-state index in [-0.39, 0.29) is 15.7 Å². The van der Waals surface area contributed by atoms with Gasteiger partial charge in [-0.25, -0.2) is 4.68 Å². The van der Waals surface area contributed by atoms with Crippen molar-refractivity contribution in [1.29, 1.82) is 0 Å². The molecule has 126 valence electrons. The number of anilines is 1. The van der Waals surface area contributed by atoms with Gasteiger partial charge in [0.1, 0.15) is 5.69 Å². The van der Waals surface area contributed by atoms with Crippen LogP contribution in [-0.2, 0) is 6.18 Å². The van der Waals surface area contributed by atoms with Crippen LogP contribution >= 0.6 is 23.2 Å². The summed E-state index contributed by atoms with van der Waals surface area (Å²) in [7, 11) is 0. The predicted molar refractivity (Wildman–Crippen MR) is 90.3 cm³/mol. The lowest BCUT2D eigenvalue weighted by molar-refractivity contribution is -0.137. The van der Waals surface area contributed by atoms with Crippen molar-refractivity contribution in [3.8, 4) is 5.69 Å². The molecule has 0 amide bonds. The number of benzene rings is 2. The van der Waals surface area contributed by atoms with E-state index in [0.717, 1.165) is 29.8 Å². The fourth-order valence-corrected chi connectivity index (χ4v) is 3.09. The Kier molecular flexibility index (Phi) is 4.36. The molecule has 0 radical (unpaired) electrons. The number of fused-ring (bicyclic) bond motifs is 1. The monoisotopic (exact) mass is 373 g/mol. The van der Waals surface area contributed by atoms with Gasteiger partial charge in [0.15, 0.2) is 0 Å². The predicted octanol–water partition coefficient (Wildman–Crippen LogP) is 5.78. The minimum atomic E-state index is -4.52. The van der Waals surface area contributed by atoms with Crippen molar-refractivity contribution in [2.24, 2.45) is 0 Å². The number of aromatic nitrogens is 2. The smallest absolute Gasteiger partial charge is 0.385 e. The normalized spacial score (nSPS) is 11.9. The second kappa shape index (κ2) is 6.18. The molecular formula is C16H12Cl2F3N3. The third-order valence-corrected chi connectivity index (χ3v) is 4.08. The highest BCUT2D eigenvalue weighted by Crippen LogP contribution is 2.38. The maximum absolute atomic E-state index is 12.9. The van der Waals surface area contributed by atoms with E-state index in [9.17, 15) is 13.2 Å². The fraction of sp³-hybridized carbons (Fsp3) is 0.188. The molecule has 3 nitrogen and oxygen atoms in total. The minimum absolute atomic E-state index is 0.117. The highest BCUT2D eigenvalue weighted by Gasteiger charge is 2.32. The lowest BCUT2D eigenvalue weighted by atomic mass is 10.2. The fourth-order valence-electron chi connectivity index (χ4n) is 2.44. The van der Waals surface area contributed by atoms with Crippen molar-refractivity contribution in [3.63, 3.8) is 0 Å². The van der Waals surface area contributed by atoms with Gasteiger partial charge in [0, 0.05) is 17.6 Å². The highest BCUT2D eigenvalue weighted by atomic mass is 35.5. The van der Waals surface area contributed by atoms with Gasteiger partial charge in [0.25, 0.3) is 0 Å². The molecule has 24 heavy (non-hydrogen) atoms. The van der Waals surface area contributed by atoms with Crippen LogP contribution in [-0.4, -0.2) is 16.3 Å². The Hall–Kier alpha value is -1.92. The van der Waals surface area contributed by atoms with Gasteiger partial charge in [0.2, 0.25) is 0 Å². The molecule has 0 aliphatic carbocycles. The number of rotatable bonds is 3. The first-order valence-corrected chi connectivity index (χ1v) is 7.85. The quantitative estimate of drug-likeness (QED) is 0.630. The van der Waals surface area contributed by atoms with Crippen molar-refractivity contribution in [2.75, 3.05) is 11.9 Å². The van der Waals surface area contributed by atoms with Crippen LogP contribution in [0.2, 0.25) is 10.0 Å². The molecule has 0 atom stereocenters. The van der Waals surface area contributed by atoms with Crippen LogP contribution in [0.15, 0.2) is 36.5 Å². The molecule has 0 saturated carbocycles. The summed E-state index contributed by atoms with van der Waals surface area (Å²) in [6, 6.07) is 7.31. The Labute approximate surface area is 146 Å². The maximum Gasteiger partial charge on any atom is 0.416 e. The topological polar surface area (TPSA) is 29.9 Å². The molecule has 0 unspecified atom stereocenters. The molecule has 2 aromatic carbocycles. The molecule has 3 rings (SSSR count). The van der Waals surface area contributed by atoms with Crippen LogP contribution in [0.25, 0.3) is 16.6 Å². The number of nitrogens with zero attached hydrogens (tertiary/aromatic N) is 2. The molecule has 0 saturated heterocycles. The van der Waals surface area contributed by atoms with Gasteiger partial charge in [-0.2, -0.15) is 18.3 Å². The van der Waals surface area contributed by atoms with E-state index in [4.69, 9.17) is 23.2 Å². The summed E-state index contributed by atoms with van der Waals surface area (Å²) in [6.07, 6.45) is -2.91. The first-order chi connectivity index (χ1) is 11.3. The second-order valence-corrected chi connectivity index (χ2v) is 5.96. The Bertz CT molecular complexity index is 880. The van der Waals surface area contributed by atoms with E-state index < -0.39 is 11.7 Å². The zero-order valence-corrected chi connectivity index (χ0v) is 14.0. The molecule has 1 heterocycles.